The summed E-state index contributed by atoms with van der Waals surface area (Å²) in [7, 11) is -3.41. The van der Waals surface area contributed by atoms with Gasteiger partial charge in [-0.3, -0.25) is 9.48 Å². The van der Waals surface area contributed by atoms with E-state index >= 15 is 0 Å². The van der Waals surface area contributed by atoms with Crippen molar-refractivity contribution in [1.82, 2.24) is 15.1 Å². The average Bonchev–Trinajstić information content (AvgIpc) is 3.15. The predicted octanol–water partition coefficient (Wildman–Crippen LogP) is 3.59. The summed E-state index contributed by atoms with van der Waals surface area (Å²) < 4.78 is 37.9. The molecular formula is C28H39N3O6S. The molecule has 1 saturated heterocycles. The molecule has 0 saturated carbocycles. The number of amides is 1. The summed E-state index contributed by atoms with van der Waals surface area (Å²) >= 11 is 0. The first-order chi connectivity index (χ1) is 17.9. The minimum absolute atomic E-state index is 0.0478. The van der Waals surface area contributed by atoms with Gasteiger partial charge in [-0.2, -0.15) is 5.10 Å². The first-order valence-corrected chi connectivity index (χ1v) is 14.9. The Bertz CT molecular complexity index is 1290. The van der Waals surface area contributed by atoms with Crippen molar-refractivity contribution in [2.45, 2.75) is 77.0 Å². The molecule has 4 rings (SSSR count). The molecular weight excluding hydrogens is 506 g/mol. The second-order valence-corrected chi connectivity index (χ2v) is 14.1. The van der Waals surface area contributed by atoms with E-state index < -0.39 is 26.5 Å². The number of nitrogens with one attached hydrogen (secondary N) is 1. The van der Waals surface area contributed by atoms with Crippen LogP contribution in [0.3, 0.4) is 0 Å². The number of hydrogen-bond donors (Lipinski definition) is 1. The van der Waals surface area contributed by atoms with Gasteiger partial charge in [0.25, 0.3) is 5.91 Å². The number of esters is 1. The van der Waals surface area contributed by atoms with Gasteiger partial charge in [-0.05, 0) is 69.2 Å². The molecule has 0 bridgehead atoms. The van der Waals surface area contributed by atoms with E-state index in [0.29, 0.717) is 43.9 Å². The molecule has 1 aromatic carbocycles. The number of aryl methyl sites for hydroxylation is 1. The number of carbonyl (C=O) groups excluding carboxylic acids is 2. The first kappa shape index (κ1) is 28.3. The fourth-order valence-corrected chi connectivity index (χ4v) is 6.21. The normalized spacial score (nSPS) is 17.7. The van der Waals surface area contributed by atoms with Gasteiger partial charge in [0, 0.05) is 31.7 Å². The molecule has 0 unspecified atom stereocenters. The number of fused-ring (bicyclic) bond motifs is 1. The highest BCUT2D eigenvalue weighted by atomic mass is 32.2. The Hall–Kier alpha value is -2.72. The molecule has 0 aliphatic carbocycles. The molecule has 1 fully saturated rings. The summed E-state index contributed by atoms with van der Waals surface area (Å²) in [6, 6.07) is 5.86. The van der Waals surface area contributed by atoms with Crippen LogP contribution in [-0.4, -0.2) is 61.7 Å². The van der Waals surface area contributed by atoms with Crippen LogP contribution < -0.4 is 5.32 Å². The lowest BCUT2D eigenvalue weighted by atomic mass is 9.76. The van der Waals surface area contributed by atoms with Gasteiger partial charge in [0.05, 0.1) is 39.3 Å². The number of aromatic nitrogens is 2. The van der Waals surface area contributed by atoms with Crippen molar-refractivity contribution >= 4 is 21.7 Å². The Labute approximate surface area is 225 Å². The smallest absolute Gasteiger partial charge is 0.338 e. The second kappa shape index (κ2) is 10.8. The lowest BCUT2D eigenvalue weighted by molar-refractivity contribution is 0.0145. The van der Waals surface area contributed by atoms with E-state index in [1.54, 1.807) is 13.8 Å². The molecule has 1 amide bonds. The van der Waals surface area contributed by atoms with Crippen LogP contribution in [0.15, 0.2) is 29.2 Å². The summed E-state index contributed by atoms with van der Waals surface area (Å²) in [5.74, 6) is -0.584. The zero-order valence-electron chi connectivity index (χ0n) is 23.0. The number of nitrogens with zero attached hydrogens (tertiary/aromatic N) is 2. The van der Waals surface area contributed by atoms with E-state index in [0.717, 1.165) is 30.7 Å². The average molecular weight is 546 g/mol. The standard InChI is InChI=1S/C28H39N3O6S/c1-6-22-24-23(15-28(16-29-25(24)32)11-13-36-14-12-28)31(30-22)17-27(4,5)18-37-26(33)20-7-9-21(10-8-20)38(34,35)19(2)3/h7-10,19H,6,11-18H2,1-5H3,(H,29,32). The van der Waals surface area contributed by atoms with Gasteiger partial charge < -0.3 is 14.8 Å². The monoisotopic (exact) mass is 545 g/mol. The lowest BCUT2D eigenvalue weighted by Gasteiger charge is -2.36. The van der Waals surface area contributed by atoms with E-state index in [1.807, 2.05) is 25.5 Å². The van der Waals surface area contributed by atoms with E-state index in [1.165, 1.54) is 24.3 Å². The van der Waals surface area contributed by atoms with E-state index in [2.05, 4.69) is 5.32 Å². The van der Waals surface area contributed by atoms with Crippen LogP contribution in [0.1, 0.15) is 79.6 Å². The molecule has 9 nitrogen and oxygen atoms in total. The number of benzene rings is 1. The first-order valence-electron chi connectivity index (χ1n) is 13.3. The van der Waals surface area contributed by atoms with Crippen molar-refractivity contribution in [2.75, 3.05) is 26.4 Å². The highest BCUT2D eigenvalue weighted by Gasteiger charge is 2.40. The zero-order valence-corrected chi connectivity index (χ0v) is 23.8. The maximum absolute atomic E-state index is 13.1. The SMILES string of the molecule is CCc1nn(CC(C)(C)COC(=O)c2ccc(S(=O)(=O)C(C)C)cc2)c2c1C(=O)NCC1(CCOCC1)C2. The van der Waals surface area contributed by atoms with Crippen LogP contribution in [0.4, 0.5) is 0 Å². The molecule has 2 aliphatic heterocycles. The summed E-state index contributed by atoms with van der Waals surface area (Å²) in [4.78, 5) is 26.0. The van der Waals surface area contributed by atoms with E-state index in [-0.39, 0.29) is 22.8 Å². The van der Waals surface area contributed by atoms with Crippen molar-refractivity contribution in [2.24, 2.45) is 10.8 Å². The summed E-state index contributed by atoms with van der Waals surface area (Å²) in [5, 5.41) is 7.42. The van der Waals surface area contributed by atoms with Crippen LogP contribution >= 0.6 is 0 Å². The van der Waals surface area contributed by atoms with Gasteiger partial charge in [-0.25, -0.2) is 13.2 Å². The van der Waals surface area contributed by atoms with Crippen molar-refractivity contribution in [3.05, 3.63) is 46.8 Å². The number of rotatable bonds is 8. The Balaban J connectivity index is 1.49. The van der Waals surface area contributed by atoms with Gasteiger partial charge in [0.2, 0.25) is 0 Å². The molecule has 3 heterocycles. The molecule has 2 aromatic rings. The fraction of sp³-hybridized carbons (Fsp3) is 0.607. The third kappa shape index (κ3) is 5.81. The number of hydrogen-bond acceptors (Lipinski definition) is 7. The predicted molar refractivity (Wildman–Crippen MR) is 143 cm³/mol. The number of ether oxygens (including phenoxy) is 2. The van der Waals surface area contributed by atoms with Crippen LogP contribution in [0, 0.1) is 10.8 Å². The van der Waals surface area contributed by atoms with Crippen LogP contribution in [0.2, 0.25) is 0 Å². The van der Waals surface area contributed by atoms with E-state index in [4.69, 9.17) is 14.6 Å². The largest absolute Gasteiger partial charge is 0.461 e. The molecule has 0 atom stereocenters. The van der Waals surface area contributed by atoms with Gasteiger partial charge in [0.1, 0.15) is 0 Å². The molecule has 2 aliphatic rings. The molecule has 208 valence electrons. The molecule has 1 spiro atoms. The molecule has 10 heteroatoms. The number of sulfone groups is 1. The molecule has 1 N–H and O–H groups in total. The van der Waals surface area contributed by atoms with Crippen LogP contribution in [-0.2, 0) is 38.7 Å². The number of carbonyl (C=O) groups is 2. The van der Waals surface area contributed by atoms with Crippen LogP contribution in [0.25, 0.3) is 0 Å². The molecule has 0 radical (unpaired) electrons. The maximum atomic E-state index is 13.1. The third-order valence-corrected chi connectivity index (χ3v) is 9.79. The topological polar surface area (TPSA) is 117 Å². The van der Waals surface area contributed by atoms with E-state index in [9.17, 15) is 18.0 Å². The Kier molecular flexibility index (Phi) is 8.04. The summed E-state index contributed by atoms with van der Waals surface area (Å²) in [5.41, 5.74) is 2.19. The highest BCUT2D eigenvalue weighted by Crippen LogP contribution is 2.38. The van der Waals surface area contributed by atoms with Gasteiger partial charge >= 0.3 is 5.97 Å². The minimum Gasteiger partial charge on any atom is -0.461 e. The highest BCUT2D eigenvalue weighted by molar-refractivity contribution is 7.92. The molecule has 38 heavy (non-hydrogen) atoms. The Morgan fingerprint density at radius 1 is 1.21 bits per heavy atom. The van der Waals surface area contributed by atoms with Gasteiger partial charge in [-0.15, -0.1) is 0 Å². The third-order valence-electron chi connectivity index (χ3n) is 7.62. The Morgan fingerprint density at radius 2 is 1.87 bits per heavy atom. The van der Waals surface area contributed by atoms with Crippen molar-refractivity contribution in [3.63, 3.8) is 0 Å². The summed E-state index contributed by atoms with van der Waals surface area (Å²) in [6.45, 7) is 11.9. The quantitative estimate of drug-likeness (QED) is 0.504. The van der Waals surface area contributed by atoms with Gasteiger partial charge in [0.15, 0.2) is 9.84 Å². The van der Waals surface area contributed by atoms with Crippen LogP contribution in [0.5, 0.6) is 0 Å². The maximum Gasteiger partial charge on any atom is 0.338 e. The minimum atomic E-state index is -3.41. The van der Waals surface area contributed by atoms with Crippen molar-refractivity contribution in [1.29, 1.82) is 0 Å². The fourth-order valence-electron chi connectivity index (χ4n) is 5.15. The lowest BCUT2D eigenvalue weighted by Crippen LogP contribution is -2.41. The zero-order chi connectivity index (χ0) is 27.7. The van der Waals surface area contributed by atoms with Gasteiger partial charge in [-0.1, -0.05) is 20.8 Å². The Morgan fingerprint density at radius 3 is 2.47 bits per heavy atom. The molecule has 1 aromatic heterocycles. The summed E-state index contributed by atoms with van der Waals surface area (Å²) in [6.07, 6.45) is 3.17. The second-order valence-electron chi connectivity index (χ2n) is 11.6. The van der Waals surface area contributed by atoms with Crippen molar-refractivity contribution < 1.29 is 27.5 Å². The van der Waals surface area contributed by atoms with Crippen molar-refractivity contribution in [3.8, 4) is 0 Å².